The van der Waals surface area contributed by atoms with E-state index >= 15 is 0 Å². The molecular weight excluding hydrogens is 521 g/mol. The normalized spacial score (nSPS) is 11.9. The Morgan fingerprint density at radius 2 is 1.62 bits per heavy atom. The highest BCUT2D eigenvalue weighted by Crippen LogP contribution is 2.26. The van der Waals surface area contributed by atoms with Gasteiger partial charge in [0.15, 0.2) is 0 Å². The minimum Gasteiger partial charge on any atom is -0.494 e. The van der Waals surface area contributed by atoms with Crippen molar-refractivity contribution in [2.45, 2.75) is 44.7 Å². The molecule has 0 saturated heterocycles. The summed E-state index contributed by atoms with van der Waals surface area (Å²) in [6, 6.07) is 17.4. The first-order valence-corrected chi connectivity index (χ1v) is 14.1. The lowest BCUT2D eigenvalue weighted by molar-refractivity contribution is -0.140. The monoisotopic (exact) mass is 555 g/mol. The lowest BCUT2D eigenvalue weighted by atomic mass is 10.1. The van der Waals surface area contributed by atoms with E-state index < -0.39 is 34.3 Å². The predicted molar refractivity (Wildman–Crippen MR) is 148 cm³/mol. The van der Waals surface area contributed by atoms with Gasteiger partial charge in [-0.3, -0.25) is 13.9 Å². The van der Waals surface area contributed by atoms with Crippen molar-refractivity contribution >= 4 is 27.5 Å². The van der Waals surface area contributed by atoms with E-state index in [2.05, 4.69) is 5.32 Å². The summed E-state index contributed by atoms with van der Waals surface area (Å²) >= 11 is 0. The van der Waals surface area contributed by atoms with Crippen LogP contribution >= 0.6 is 0 Å². The second-order valence-corrected chi connectivity index (χ2v) is 10.7. The van der Waals surface area contributed by atoms with Crippen LogP contribution in [0.5, 0.6) is 5.75 Å². The standard InChI is InChI=1S/C29H34FN3O5S/c1-5-27(29(35)31-4)32(19-22-10-8-7-9-21(22)3)28(34)20-33(24-13-11-23(30)12-14-24)39(36,37)26-17-15-25(16-18-26)38-6-2/h7-18,27H,5-6,19-20H2,1-4H3,(H,31,35)/t27-/m0/s1. The van der Waals surface area contributed by atoms with Crippen molar-refractivity contribution < 1.29 is 27.1 Å². The molecule has 3 rings (SSSR count). The summed E-state index contributed by atoms with van der Waals surface area (Å²) in [4.78, 5) is 28.0. The molecule has 0 aromatic heterocycles. The summed E-state index contributed by atoms with van der Waals surface area (Å²) in [5, 5.41) is 2.60. The number of nitrogens with one attached hydrogen (secondary N) is 1. The Kier molecular flexibility index (Phi) is 10.1. The van der Waals surface area contributed by atoms with Crippen molar-refractivity contribution in [2.24, 2.45) is 0 Å². The number of rotatable bonds is 12. The number of carbonyl (C=O) groups excluding carboxylic acids is 2. The summed E-state index contributed by atoms with van der Waals surface area (Å²) in [5.74, 6) is -0.980. The van der Waals surface area contributed by atoms with E-state index in [0.717, 1.165) is 27.6 Å². The van der Waals surface area contributed by atoms with E-state index in [-0.39, 0.29) is 23.0 Å². The third kappa shape index (κ3) is 7.14. The third-order valence-electron chi connectivity index (χ3n) is 6.35. The second-order valence-electron chi connectivity index (χ2n) is 8.88. The van der Waals surface area contributed by atoms with Gasteiger partial charge in [0.05, 0.1) is 17.2 Å². The van der Waals surface area contributed by atoms with Crippen LogP contribution in [0.25, 0.3) is 0 Å². The van der Waals surface area contributed by atoms with E-state index in [1.54, 1.807) is 6.92 Å². The minimum atomic E-state index is -4.26. The maximum absolute atomic E-state index is 13.9. The van der Waals surface area contributed by atoms with Crippen LogP contribution in [0.3, 0.4) is 0 Å². The Morgan fingerprint density at radius 3 is 2.18 bits per heavy atom. The smallest absolute Gasteiger partial charge is 0.264 e. The molecule has 1 N–H and O–H groups in total. The van der Waals surface area contributed by atoms with Crippen LogP contribution in [0.4, 0.5) is 10.1 Å². The first-order valence-electron chi connectivity index (χ1n) is 12.7. The van der Waals surface area contributed by atoms with Gasteiger partial charge in [0, 0.05) is 13.6 Å². The molecule has 0 aliphatic rings. The van der Waals surface area contributed by atoms with Gasteiger partial charge in [-0.2, -0.15) is 0 Å². The number of benzene rings is 3. The van der Waals surface area contributed by atoms with Gasteiger partial charge in [-0.15, -0.1) is 0 Å². The molecule has 0 spiro atoms. The van der Waals surface area contributed by atoms with Crippen LogP contribution in [0.15, 0.2) is 77.7 Å². The fourth-order valence-electron chi connectivity index (χ4n) is 4.19. The molecule has 0 aliphatic carbocycles. The van der Waals surface area contributed by atoms with Crippen molar-refractivity contribution in [3.05, 3.63) is 89.7 Å². The maximum atomic E-state index is 13.9. The maximum Gasteiger partial charge on any atom is 0.264 e. The van der Waals surface area contributed by atoms with Crippen LogP contribution in [-0.4, -0.2) is 51.4 Å². The molecule has 0 radical (unpaired) electrons. The van der Waals surface area contributed by atoms with E-state index in [1.807, 2.05) is 38.1 Å². The van der Waals surface area contributed by atoms with Gasteiger partial charge in [0.1, 0.15) is 24.2 Å². The zero-order chi connectivity index (χ0) is 28.6. The molecular formula is C29H34FN3O5S. The van der Waals surface area contributed by atoms with Crippen LogP contribution in [0, 0.1) is 12.7 Å². The van der Waals surface area contributed by atoms with Gasteiger partial charge in [-0.1, -0.05) is 31.2 Å². The average molecular weight is 556 g/mol. The van der Waals surface area contributed by atoms with Crippen molar-refractivity contribution in [2.75, 3.05) is 24.5 Å². The number of aryl methyl sites for hydroxylation is 1. The highest BCUT2D eigenvalue weighted by atomic mass is 32.2. The molecule has 1 atom stereocenters. The van der Waals surface area contributed by atoms with Crippen molar-refractivity contribution in [3.8, 4) is 5.75 Å². The van der Waals surface area contributed by atoms with Gasteiger partial charge in [-0.05, 0) is 79.9 Å². The van der Waals surface area contributed by atoms with Crippen molar-refractivity contribution in [1.29, 1.82) is 0 Å². The molecule has 2 amide bonds. The number of hydrogen-bond donors (Lipinski definition) is 1. The Bertz CT molecular complexity index is 1380. The number of hydrogen-bond acceptors (Lipinski definition) is 5. The van der Waals surface area contributed by atoms with Gasteiger partial charge in [-0.25, -0.2) is 12.8 Å². The van der Waals surface area contributed by atoms with E-state index in [0.29, 0.717) is 18.8 Å². The number of amides is 2. The van der Waals surface area contributed by atoms with Gasteiger partial charge in [0.2, 0.25) is 11.8 Å². The van der Waals surface area contributed by atoms with Crippen LogP contribution in [0.1, 0.15) is 31.4 Å². The van der Waals surface area contributed by atoms with Crippen molar-refractivity contribution in [3.63, 3.8) is 0 Å². The molecule has 0 saturated carbocycles. The summed E-state index contributed by atoms with van der Waals surface area (Å²) in [5.41, 5.74) is 1.87. The number of halogens is 1. The van der Waals surface area contributed by atoms with Crippen LogP contribution in [-0.2, 0) is 26.2 Å². The largest absolute Gasteiger partial charge is 0.494 e. The topological polar surface area (TPSA) is 96.0 Å². The Labute approximate surface area is 229 Å². The lowest BCUT2D eigenvalue weighted by Gasteiger charge is -2.33. The Hall–Kier alpha value is -3.92. The molecule has 10 heteroatoms. The number of sulfonamides is 1. The minimum absolute atomic E-state index is 0.0631. The van der Waals surface area contributed by atoms with Gasteiger partial charge < -0.3 is 15.0 Å². The predicted octanol–water partition coefficient (Wildman–Crippen LogP) is 4.28. The molecule has 0 bridgehead atoms. The number of ether oxygens (including phenoxy) is 1. The second kappa shape index (κ2) is 13.2. The fraction of sp³-hybridized carbons (Fsp3) is 0.310. The number of carbonyl (C=O) groups is 2. The zero-order valence-electron chi connectivity index (χ0n) is 22.6. The SMILES string of the molecule is CCOc1ccc(S(=O)(=O)N(CC(=O)N(Cc2ccccc2C)[C@@H](CC)C(=O)NC)c2ccc(F)cc2)cc1. The molecule has 8 nitrogen and oxygen atoms in total. The number of anilines is 1. The third-order valence-corrected chi connectivity index (χ3v) is 8.14. The summed E-state index contributed by atoms with van der Waals surface area (Å²) in [6.07, 6.45) is 0.319. The van der Waals surface area contributed by atoms with Crippen molar-refractivity contribution in [1.82, 2.24) is 10.2 Å². The molecule has 0 heterocycles. The quantitative estimate of drug-likeness (QED) is 0.360. The molecule has 208 valence electrons. The number of likely N-dealkylation sites (N-methyl/N-ethyl adjacent to an activating group) is 1. The van der Waals surface area contributed by atoms with Crippen LogP contribution in [0.2, 0.25) is 0 Å². The van der Waals surface area contributed by atoms with E-state index in [4.69, 9.17) is 4.74 Å². The highest BCUT2D eigenvalue weighted by Gasteiger charge is 2.33. The molecule has 3 aromatic carbocycles. The molecule has 0 unspecified atom stereocenters. The first-order chi connectivity index (χ1) is 18.6. The lowest BCUT2D eigenvalue weighted by Crippen LogP contribution is -2.51. The zero-order valence-corrected chi connectivity index (χ0v) is 23.4. The Morgan fingerprint density at radius 1 is 0.974 bits per heavy atom. The Balaban J connectivity index is 2.05. The summed E-state index contributed by atoms with van der Waals surface area (Å²) in [7, 11) is -2.77. The molecule has 3 aromatic rings. The first kappa shape index (κ1) is 29.6. The molecule has 39 heavy (non-hydrogen) atoms. The molecule has 0 fully saturated rings. The van der Waals surface area contributed by atoms with E-state index in [1.165, 1.54) is 48.3 Å². The average Bonchev–Trinajstić information content (AvgIpc) is 2.93. The summed E-state index contributed by atoms with van der Waals surface area (Å²) < 4.78 is 47.7. The van der Waals surface area contributed by atoms with Gasteiger partial charge in [0.25, 0.3) is 10.0 Å². The highest BCUT2D eigenvalue weighted by molar-refractivity contribution is 7.92. The van der Waals surface area contributed by atoms with Crippen LogP contribution < -0.4 is 14.4 Å². The summed E-state index contributed by atoms with van der Waals surface area (Å²) in [6.45, 7) is 5.44. The fourth-order valence-corrected chi connectivity index (χ4v) is 5.61. The van der Waals surface area contributed by atoms with Gasteiger partial charge >= 0.3 is 0 Å². The van der Waals surface area contributed by atoms with E-state index in [9.17, 15) is 22.4 Å². The number of nitrogens with zero attached hydrogens (tertiary/aromatic N) is 2. The molecule has 0 aliphatic heterocycles.